The number of benzene rings is 1. The minimum atomic E-state index is -0.282. The van der Waals surface area contributed by atoms with Gasteiger partial charge < -0.3 is 5.11 Å². The van der Waals surface area contributed by atoms with Crippen LogP contribution in [0.25, 0.3) is 0 Å². The standard InChI is InChI=1S/C18H26Cl2O/c1-2-3-4-13-5-7-14(8-6-13)18(21)11-15-9-10-16(19)12-17(15)20/h9-10,12-14,18,21H,2-8,11H2,1H3. The lowest BCUT2D eigenvalue weighted by Crippen LogP contribution is -2.27. The van der Waals surface area contributed by atoms with Crippen LogP contribution in [0.4, 0.5) is 0 Å². The molecule has 0 aromatic heterocycles. The van der Waals surface area contributed by atoms with Crippen molar-refractivity contribution in [2.75, 3.05) is 0 Å². The first-order chi connectivity index (χ1) is 10.1. The van der Waals surface area contributed by atoms with Crippen molar-refractivity contribution < 1.29 is 5.11 Å². The van der Waals surface area contributed by atoms with E-state index in [9.17, 15) is 5.11 Å². The lowest BCUT2D eigenvalue weighted by atomic mass is 9.76. The maximum Gasteiger partial charge on any atom is 0.0609 e. The third-order valence-electron chi connectivity index (χ3n) is 4.85. The summed E-state index contributed by atoms with van der Waals surface area (Å²) in [7, 11) is 0. The molecule has 1 atom stereocenters. The van der Waals surface area contributed by atoms with Crippen molar-refractivity contribution in [3.63, 3.8) is 0 Å². The van der Waals surface area contributed by atoms with Crippen molar-refractivity contribution in [2.24, 2.45) is 11.8 Å². The van der Waals surface area contributed by atoms with Crippen LogP contribution in [0.2, 0.25) is 10.0 Å². The summed E-state index contributed by atoms with van der Waals surface area (Å²) in [5.74, 6) is 1.31. The smallest absolute Gasteiger partial charge is 0.0609 e. The van der Waals surface area contributed by atoms with Gasteiger partial charge in [0.2, 0.25) is 0 Å². The van der Waals surface area contributed by atoms with E-state index in [0.717, 1.165) is 24.3 Å². The number of aliphatic hydroxyl groups excluding tert-OH is 1. The summed E-state index contributed by atoms with van der Waals surface area (Å²) < 4.78 is 0. The molecule has 1 fully saturated rings. The fourth-order valence-electron chi connectivity index (χ4n) is 3.43. The lowest BCUT2D eigenvalue weighted by molar-refractivity contribution is 0.0726. The zero-order valence-electron chi connectivity index (χ0n) is 12.8. The van der Waals surface area contributed by atoms with Gasteiger partial charge in [0.15, 0.2) is 0 Å². The van der Waals surface area contributed by atoms with Crippen molar-refractivity contribution in [3.8, 4) is 0 Å². The van der Waals surface area contributed by atoms with E-state index in [1.54, 1.807) is 6.07 Å². The molecule has 1 aromatic carbocycles. The van der Waals surface area contributed by atoms with Crippen molar-refractivity contribution in [2.45, 2.75) is 64.4 Å². The van der Waals surface area contributed by atoms with Gasteiger partial charge in [-0.3, -0.25) is 0 Å². The van der Waals surface area contributed by atoms with Gasteiger partial charge in [-0.15, -0.1) is 0 Å². The van der Waals surface area contributed by atoms with Gasteiger partial charge in [-0.25, -0.2) is 0 Å². The van der Waals surface area contributed by atoms with E-state index < -0.39 is 0 Å². The van der Waals surface area contributed by atoms with Crippen LogP contribution in [0.15, 0.2) is 18.2 Å². The summed E-state index contributed by atoms with van der Waals surface area (Å²) in [6, 6.07) is 5.53. The van der Waals surface area contributed by atoms with Gasteiger partial charge in [0.05, 0.1) is 6.10 Å². The molecule has 118 valence electrons. The normalized spacial score (nSPS) is 24.0. The first-order valence-corrected chi connectivity index (χ1v) is 8.97. The molecular formula is C18H26Cl2O. The van der Waals surface area contributed by atoms with E-state index in [-0.39, 0.29) is 6.10 Å². The number of unbranched alkanes of at least 4 members (excludes halogenated alkanes) is 1. The Hall–Kier alpha value is -0.240. The van der Waals surface area contributed by atoms with Crippen LogP contribution in [-0.4, -0.2) is 11.2 Å². The Labute approximate surface area is 138 Å². The zero-order chi connectivity index (χ0) is 15.2. The van der Waals surface area contributed by atoms with E-state index >= 15 is 0 Å². The minimum absolute atomic E-state index is 0.282. The second-order valence-electron chi connectivity index (χ2n) is 6.43. The lowest BCUT2D eigenvalue weighted by Gasteiger charge is -2.31. The Balaban J connectivity index is 1.83. The minimum Gasteiger partial charge on any atom is -0.392 e. The highest BCUT2D eigenvalue weighted by Crippen LogP contribution is 2.35. The molecule has 0 radical (unpaired) electrons. The molecule has 1 aliphatic carbocycles. The fourth-order valence-corrected chi connectivity index (χ4v) is 3.92. The van der Waals surface area contributed by atoms with Crippen LogP contribution in [0.1, 0.15) is 57.4 Å². The van der Waals surface area contributed by atoms with Crippen LogP contribution in [0.3, 0.4) is 0 Å². The van der Waals surface area contributed by atoms with Gasteiger partial charge >= 0.3 is 0 Å². The zero-order valence-corrected chi connectivity index (χ0v) is 14.3. The summed E-state index contributed by atoms with van der Waals surface area (Å²) in [5.41, 5.74) is 1.00. The molecule has 0 amide bonds. The third-order valence-corrected chi connectivity index (χ3v) is 5.43. The molecule has 1 unspecified atom stereocenters. The molecule has 0 heterocycles. The number of halogens is 2. The molecule has 0 bridgehead atoms. The van der Waals surface area contributed by atoms with E-state index in [4.69, 9.17) is 23.2 Å². The molecule has 0 saturated heterocycles. The predicted molar refractivity (Wildman–Crippen MR) is 91.1 cm³/mol. The Morgan fingerprint density at radius 2 is 1.90 bits per heavy atom. The van der Waals surface area contributed by atoms with Crippen molar-refractivity contribution >= 4 is 23.2 Å². The van der Waals surface area contributed by atoms with Crippen molar-refractivity contribution in [3.05, 3.63) is 33.8 Å². The van der Waals surface area contributed by atoms with E-state index in [0.29, 0.717) is 22.4 Å². The molecule has 3 heteroatoms. The van der Waals surface area contributed by atoms with E-state index in [1.807, 2.05) is 12.1 Å². The van der Waals surface area contributed by atoms with Gasteiger partial charge in [-0.1, -0.05) is 68.3 Å². The summed E-state index contributed by atoms with van der Waals surface area (Å²) in [4.78, 5) is 0. The number of hydrogen-bond acceptors (Lipinski definition) is 1. The van der Waals surface area contributed by atoms with Gasteiger partial charge in [0.25, 0.3) is 0 Å². The Bertz CT molecular complexity index is 439. The second kappa shape index (κ2) is 8.41. The summed E-state index contributed by atoms with van der Waals surface area (Å²) >= 11 is 12.1. The van der Waals surface area contributed by atoms with Crippen LogP contribution in [0, 0.1) is 11.8 Å². The van der Waals surface area contributed by atoms with Crippen LogP contribution >= 0.6 is 23.2 Å². The highest BCUT2D eigenvalue weighted by Gasteiger charge is 2.26. The molecule has 0 spiro atoms. The molecule has 1 aliphatic rings. The van der Waals surface area contributed by atoms with Gasteiger partial charge in [-0.05, 0) is 42.4 Å². The quantitative estimate of drug-likeness (QED) is 0.689. The highest BCUT2D eigenvalue weighted by atomic mass is 35.5. The number of rotatable bonds is 6. The molecule has 1 saturated carbocycles. The number of hydrogen-bond donors (Lipinski definition) is 1. The van der Waals surface area contributed by atoms with Crippen LogP contribution in [-0.2, 0) is 6.42 Å². The average Bonchev–Trinajstić information content (AvgIpc) is 2.48. The van der Waals surface area contributed by atoms with Crippen LogP contribution in [0.5, 0.6) is 0 Å². The maximum absolute atomic E-state index is 10.5. The molecule has 1 aromatic rings. The SMILES string of the molecule is CCCCC1CCC(C(O)Cc2ccc(Cl)cc2Cl)CC1. The molecule has 0 aliphatic heterocycles. The molecule has 1 nitrogen and oxygen atoms in total. The van der Waals surface area contributed by atoms with Gasteiger partial charge in [-0.2, -0.15) is 0 Å². The maximum atomic E-state index is 10.5. The molecule has 2 rings (SSSR count). The first-order valence-electron chi connectivity index (χ1n) is 8.22. The summed E-state index contributed by atoms with van der Waals surface area (Å²) in [6.07, 6.45) is 9.21. The van der Waals surface area contributed by atoms with E-state index in [1.165, 1.54) is 32.1 Å². The summed E-state index contributed by atoms with van der Waals surface area (Å²) in [6.45, 7) is 2.26. The molecule has 21 heavy (non-hydrogen) atoms. The molecule has 1 N–H and O–H groups in total. The Morgan fingerprint density at radius 3 is 2.52 bits per heavy atom. The average molecular weight is 329 g/mol. The highest BCUT2D eigenvalue weighted by molar-refractivity contribution is 6.35. The number of aliphatic hydroxyl groups is 1. The molecular weight excluding hydrogens is 303 g/mol. The van der Waals surface area contributed by atoms with Crippen molar-refractivity contribution in [1.29, 1.82) is 0 Å². The topological polar surface area (TPSA) is 20.2 Å². The predicted octanol–water partition coefficient (Wildman–Crippen LogP) is 5.89. The Morgan fingerprint density at radius 1 is 1.19 bits per heavy atom. The first kappa shape index (κ1) is 17.1. The van der Waals surface area contributed by atoms with Gasteiger partial charge in [0, 0.05) is 16.5 Å². The fraction of sp³-hybridized carbons (Fsp3) is 0.667. The largest absolute Gasteiger partial charge is 0.392 e. The monoisotopic (exact) mass is 328 g/mol. The van der Waals surface area contributed by atoms with E-state index in [2.05, 4.69) is 6.92 Å². The Kier molecular flexibility index (Phi) is 6.85. The van der Waals surface area contributed by atoms with Gasteiger partial charge in [0.1, 0.15) is 0 Å². The third kappa shape index (κ3) is 5.16. The van der Waals surface area contributed by atoms with Crippen LogP contribution < -0.4 is 0 Å². The second-order valence-corrected chi connectivity index (χ2v) is 7.27. The summed E-state index contributed by atoms with van der Waals surface area (Å²) in [5, 5.41) is 11.8. The van der Waals surface area contributed by atoms with Crippen molar-refractivity contribution in [1.82, 2.24) is 0 Å².